The Bertz CT molecular complexity index is 606. The topological polar surface area (TPSA) is 63.2 Å². The van der Waals surface area contributed by atoms with Crippen LogP contribution in [0.2, 0.25) is 0 Å². The average Bonchev–Trinajstić information content (AvgIpc) is 2.46. The second kappa shape index (κ2) is 6.06. The minimum atomic E-state index is 0.540. The Kier molecular flexibility index (Phi) is 4.20. The summed E-state index contributed by atoms with van der Waals surface area (Å²) in [6.45, 7) is 0. The molecule has 0 aliphatic carbocycles. The number of nitrogen functional groups attached to an aromatic ring is 1. The van der Waals surface area contributed by atoms with E-state index in [1.54, 1.807) is 25.3 Å². The summed E-state index contributed by atoms with van der Waals surface area (Å²) >= 11 is 0. The molecule has 5 nitrogen and oxygen atoms in total. The Balaban J connectivity index is 2.16. The number of benzene rings is 2. The van der Waals surface area contributed by atoms with Crippen LogP contribution in [0.25, 0.3) is 0 Å². The van der Waals surface area contributed by atoms with E-state index < -0.39 is 0 Å². The van der Waals surface area contributed by atoms with Crippen LogP contribution in [-0.4, -0.2) is 21.2 Å². The van der Waals surface area contributed by atoms with Crippen molar-refractivity contribution in [1.82, 2.24) is 0 Å². The molecule has 0 radical (unpaired) electrons. The van der Waals surface area contributed by atoms with Crippen molar-refractivity contribution in [3.05, 3.63) is 42.5 Å². The van der Waals surface area contributed by atoms with Crippen molar-refractivity contribution in [2.45, 2.75) is 0 Å². The number of azo groups is 1. The summed E-state index contributed by atoms with van der Waals surface area (Å²) in [5.74, 6) is 0.705. The van der Waals surface area contributed by atoms with Crippen LogP contribution in [0.15, 0.2) is 52.7 Å². The van der Waals surface area contributed by atoms with Crippen molar-refractivity contribution < 1.29 is 4.74 Å². The maximum Gasteiger partial charge on any atom is 0.121 e. The maximum atomic E-state index is 5.88. The molecular weight excluding hydrogens is 252 g/mol. The summed E-state index contributed by atoms with van der Waals surface area (Å²) in [5.41, 5.74) is 8.95. The number of rotatable bonds is 4. The molecule has 2 aromatic rings. The van der Waals surface area contributed by atoms with Gasteiger partial charge in [-0.3, -0.25) is 0 Å². The molecule has 0 unspecified atom stereocenters. The molecule has 2 aromatic carbocycles. The van der Waals surface area contributed by atoms with E-state index in [9.17, 15) is 0 Å². The number of hydrogen-bond donors (Lipinski definition) is 1. The van der Waals surface area contributed by atoms with Gasteiger partial charge in [0, 0.05) is 25.8 Å². The largest absolute Gasteiger partial charge is 0.497 e. The summed E-state index contributed by atoms with van der Waals surface area (Å²) in [4.78, 5) is 2.03. The van der Waals surface area contributed by atoms with Crippen molar-refractivity contribution in [3.63, 3.8) is 0 Å². The van der Waals surface area contributed by atoms with Gasteiger partial charge in [0.05, 0.1) is 18.5 Å². The lowest BCUT2D eigenvalue weighted by Gasteiger charge is -2.11. The summed E-state index contributed by atoms with van der Waals surface area (Å²) in [6.07, 6.45) is 0. The third-order valence-corrected chi connectivity index (χ3v) is 2.87. The highest BCUT2D eigenvalue weighted by Gasteiger charge is 2.00. The van der Waals surface area contributed by atoms with E-state index in [0.717, 1.165) is 11.4 Å². The number of hydrogen-bond acceptors (Lipinski definition) is 5. The first-order valence-electron chi connectivity index (χ1n) is 6.23. The van der Waals surface area contributed by atoms with Crippen molar-refractivity contribution >= 4 is 22.7 Å². The molecule has 0 aromatic heterocycles. The van der Waals surface area contributed by atoms with Gasteiger partial charge in [0.2, 0.25) is 0 Å². The van der Waals surface area contributed by atoms with E-state index >= 15 is 0 Å². The predicted octanol–water partition coefficient (Wildman–Crippen LogP) is 3.76. The number of ether oxygens (including phenoxy) is 1. The molecule has 0 aliphatic heterocycles. The second-order valence-electron chi connectivity index (χ2n) is 4.54. The van der Waals surface area contributed by atoms with Crippen LogP contribution in [0.4, 0.5) is 22.7 Å². The molecule has 0 saturated carbocycles. The Morgan fingerprint density at radius 1 is 1.00 bits per heavy atom. The SMILES string of the molecule is COc1ccc(N=Nc2ccc(N(C)C)cc2)c(N)c1. The third-order valence-electron chi connectivity index (χ3n) is 2.87. The highest BCUT2D eigenvalue weighted by atomic mass is 16.5. The smallest absolute Gasteiger partial charge is 0.121 e. The van der Waals surface area contributed by atoms with Crippen LogP contribution in [0.1, 0.15) is 0 Å². The fourth-order valence-corrected chi connectivity index (χ4v) is 1.68. The van der Waals surface area contributed by atoms with Gasteiger partial charge < -0.3 is 15.4 Å². The van der Waals surface area contributed by atoms with Crippen LogP contribution >= 0.6 is 0 Å². The van der Waals surface area contributed by atoms with E-state index in [0.29, 0.717) is 17.1 Å². The lowest BCUT2D eigenvalue weighted by molar-refractivity contribution is 0.415. The van der Waals surface area contributed by atoms with Gasteiger partial charge >= 0.3 is 0 Å². The molecule has 0 heterocycles. The Hall–Kier alpha value is -2.56. The minimum absolute atomic E-state index is 0.540. The molecule has 0 aliphatic rings. The lowest BCUT2D eigenvalue weighted by Crippen LogP contribution is -2.07. The molecule has 104 valence electrons. The van der Waals surface area contributed by atoms with Gasteiger partial charge in [-0.1, -0.05) is 0 Å². The maximum absolute atomic E-state index is 5.88. The monoisotopic (exact) mass is 270 g/mol. The van der Waals surface area contributed by atoms with Crippen molar-refractivity contribution in [2.75, 3.05) is 31.8 Å². The van der Waals surface area contributed by atoms with Crippen LogP contribution in [0.5, 0.6) is 5.75 Å². The number of nitrogens with two attached hydrogens (primary N) is 1. The molecular formula is C15H18N4O. The lowest BCUT2D eigenvalue weighted by atomic mass is 10.2. The number of methoxy groups -OCH3 is 1. The molecule has 0 bridgehead atoms. The normalized spacial score (nSPS) is 10.8. The van der Waals surface area contributed by atoms with Crippen molar-refractivity contribution in [3.8, 4) is 5.75 Å². The Labute approximate surface area is 118 Å². The summed E-state index contributed by atoms with van der Waals surface area (Å²) in [7, 11) is 5.59. The zero-order valence-electron chi connectivity index (χ0n) is 11.9. The molecule has 5 heteroatoms. The zero-order valence-corrected chi connectivity index (χ0v) is 11.9. The zero-order chi connectivity index (χ0) is 14.5. The number of nitrogens with zero attached hydrogens (tertiary/aromatic N) is 3. The van der Waals surface area contributed by atoms with E-state index in [-0.39, 0.29) is 0 Å². The van der Waals surface area contributed by atoms with Crippen LogP contribution < -0.4 is 15.4 Å². The molecule has 0 amide bonds. The predicted molar refractivity (Wildman–Crippen MR) is 82.4 cm³/mol. The van der Waals surface area contributed by atoms with Gasteiger partial charge in [0.15, 0.2) is 0 Å². The minimum Gasteiger partial charge on any atom is -0.497 e. The third kappa shape index (κ3) is 3.26. The van der Waals surface area contributed by atoms with Gasteiger partial charge in [0.1, 0.15) is 11.4 Å². The van der Waals surface area contributed by atoms with Gasteiger partial charge in [0.25, 0.3) is 0 Å². The van der Waals surface area contributed by atoms with Gasteiger partial charge in [-0.05, 0) is 36.4 Å². The molecule has 2 N–H and O–H groups in total. The summed E-state index contributed by atoms with van der Waals surface area (Å²) in [5, 5.41) is 8.34. The summed E-state index contributed by atoms with van der Waals surface area (Å²) < 4.78 is 5.09. The van der Waals surface area contributed by atoms with Gasteiger partial charge in [-0.25, -0.2) is 0 Å². The first-order valence-corrected chi connectivity index (χ1v) is 6.23. The van der Waals surface area contributed by atoms with Crippen molar-refractivity contribution in [2.24, 2.45) is 10.2 Å². The average molecular weight is 270 g/mol. The molecule has 0 spiro atoms. The molecule has 0 saturated heterocycles. The molecule has 0 atom stereocenters. The van der Waals surface area contributed by atoms with Gasteiger partial charge in [-0.15, -0.1) is 5.11 Å². The van der Waals surface area contributed by atoms with E-state index in [4.69, 9.17) is 10.5 Å². The quantitative estimate of drug-likeness (QED) is 0.679. The highest BCUT2D eigenvalue weighted by molar-refractivity contribution is 5.64. The van der Waals surface area contributed by atoms with Crippen LogP contribution in [0, 0.1) is 0 Å². The van der Waals surface area contributed by atoms with Crippen LogP contribution in [-0.2, 0) is 0 Å². The van der Waals surface area contributed by atoms with Crippen molar-refractivity contribution in [1.29, 1.82) is 0 Å². The molecule has 20 heavy (non-hydrogen) atoms. The van der Waals surface area contributed by atoms with Gasteiger partial charge in [-0.2, -0.15) is 5.11 Å². The molecule has 2 rings (SSSR count). The summed E-state index contributed by atoms with van der Waals surface area (Å²) in [6, 6.07) is 13.1. The van der Waals surface area contributed by atoms with E-state index in [1.807, 2.05) is 43.3 Å². The highest BCUT2D eigenvalue weighted by Crippen LogP contribution is 2.28. The van der Waals surface area contributed by atoms with Crippen LogP contribution in [0.3, 0.4) is 0 Å². The molecule has 0 fully saturated rings. The fraction of sp³-hybridized carbons (Fsp3) is 0.200. The van der Waals surface area contributed by atoms with E-state index in [2.05, 4.69) is 10.2 Å². The van der Waals surface area contributed by atoms with E-state index in [1.165, 1.54) is 0 Å². The Morgan fingerprint density at radius 3 is 2.25 bits per heavy atom. The number of anilines is 2. The standard InChI is InChI=1S/C15H18N4O/c1-19(2)12-6-4-11(5-7-12)17-18-15-9-8-13(20-3)10-14(15)16/h4-10H,16H2,1-3H3. The first-order chi connectivity index (χ1) is 9.60. The fourth-order valence-electron chi connectivity index (χ4n) is 1.68. The first kappa shape index (κ1) is 13.9. The Morgan fingerprint density at radius 2 is 1.70 bits per heavy atom. The second-order valence-corrected chi connectivity index (χ2v) is 4.54.